The van der Waals surface area contributed by atoms with Crippen molar-refractivity contribution in [3.63, 3.8) is 0 Å². The molecule has 0 aliphatic carbocycles. The number of rotatable bonds is 6. The third-order valence-corrected chi connectivity index (χ3v) is 5.21. The summed E-state index contributed by atoms with van der Waals surface area (Å²) in [7, 11) is -3.21. The van der Waals surface area contributed by atoms with Gasteiger partial charge in [-0.3, -0.25) is 0 Å². The zero-order chi connectivity index (χ0) is 18.6. The van der Waals surface area contributed by atoms with Crippen LogP contribution >= 0.6 is 0 Å². The Kier molecular flexibility index (Phi) is 5.38. The summed E-state index contributed by atoms with van der Waals surface area (Å²) in [6, 6.07) is 20.7. The highest BCUT2D eigenvalue weighted by atomic mass is 32.2. The van der Waals surface area contributed by atoms with Gasteiger partial charge >= 0.3 is 0 Å². The van der Waals surface area contributed by atoms with Crippen LogP contribution in [-0.2, 0) is 22.9 Å². The van der Waals surface area contributed by atoms with Crippen molar-refractivity contribution in [3.05, 3.63) is 77.9 Å². The van der Waals surface area contributed by atoms with Gasteiger partial charge in [0.15, 0.2) is 9.84 Å². The van der Waals surface area contributed by atoms with Crippen molar-refractivity contribution >= 4 is 9.84 Å². The van der Waals surface area contributed by atoms with Crippen molar-refractivity contribution in [2.75, 3.05) is 6.26 Å². The average molecular weight is 367 g/mol. The summed E-state index contributed by atoms with van der Waals surface area (Å²) in [5, 5.41) is 0. The van der Waals surface area contributed by atoms with E-state index in [4.69, 9.17) is 4.74 Å². The van der Waals surface area contributed by atoms with Gasteiger partial charge in [0.25, 0.3) is 0 Å². The highest BCUT2D eigenvalue weighted by molar-refractivity contribution is 7.90. The zero-order valence-electron chi connectivity index (χ0n) is 14.8. The van der Waals surface area contributed by atoms with E-state index in [-0.39, 0.29) is 0 Å². The topological polar surface area (TPSA) is 56.3 Å². The van der Waals surface area contributed by atoms with Crippen LogP contribution in [0, 0.1) is 0 Å². The first-order valence-electron chi connectivity index (χ1n) is 8.44. The number of sulfone groups is 1. The van der Waals surface area contributed by atoms with Crippen LogP contribution in [0.4, 0.5) is 0 Å². The summed E-state index contributed by atoms with van der Waals surface area (Å²) < 4.78 is 29.1. The number of aromatic nitrogens is 1. The molecule has 4 nitrogen and oxygen atoms in total. The van der Waals surface area contributed by atoms with Crippen LogP contribution < -0.4 is 4.74 Å². The molecular weight excluding hydrogens is 346 g/mol. The van der Waals surface area contributed by atoms with Crippen LogP contribution in [0.1, 0.15) is 18.1 Å². The third-order valence-electron chi connectivity index (χ3n) is 4.08. The first-order chi connectivity index (χ1) is 12.5. The minimum atomic E-state index is -3.21. The first kappa shape index (κ1) is 18.1. The van der Waals surface area contributed by atoms with E-state index in [1.165, 1.54) is 6.26 Å². The van der Waals surface area contributed by atoms with E-state index in [1.54, 1.807) is 24.3 Å². The molecule has 0 aliphatic rings. The summed E-state index contributed by atoms with van der Waals surface area (Å²) in [5.74, 6) is 0.565. The van der Waals surface area contributed by atoms with Crippen molar-refractivity contribution in [1.82, 2.24) is 4.98 Å². The summed E-state index contributed by atoms with van der Waals surface area (Å²) in [6.07, 6.45) is 2.06. The molecule has 0 saturated carbocycles. The number of benzene rings is 2. The van der Waals surface area contributed by atoms with Crippen molar-refractivity contribution < 1.29 is 13.2 Å². The summed E-state index contributed by atoms with van der Waals surface area (Å²) in [6.45, 7) is 2.53. The Labute approximate surface area is 154 Å². The maximum absolute atomic E-state index is 11.6. The van der Waals surface area contributed by atoms with Crippen LogP contribution in [0.2, 0.25) is 0 Å². The molecule has 0 saturated heterocycles. The molecule has 1 aromatic heterocycles. The molecule has 0 radical (unpaired) electrons. The van der Waals surface area contributed by atoms with Gasteiger partial charge in [-0.15, -0.1) is 0 Å². The number of aryl methyl sites for hydroxylation is 1. The van der Waals surface area contributed by atoms with E-state index in [9.17, 15) is 8.42 Å². The standard InChI is InChI=1S/C21H21NO3S/c1-3-16-13-20(18-9-11-19(12-10-18)26(2,23)24)22-21(14-16)25-15-17-7-5-4-6-8-17/h4-14H,3,15H2,1-2H3. The summed E-state index contributed by atoms with van der Waals surface area (Å²) >= 11 is 0. The van der Waals surface area contributed by atoms with Gasteiger partial charge in [0.05, 0.1) is 10.6 Å². The maximum Gasteiger partial charge on any atom is 0.214 e. The van der Waals surface area contributed by atoms with Crippen LogP contribution in [0.3, 0.4) is 0 Å². The van der Waals surface area contributed by atoms with E-state index >= 15 is 0 Å². The molecular formula is C21H21NO3S. The fourth-order valence-corrected chi connectivity index (χ4v) is 3.22. The lowest BCUT2D eigenvalue weighted by Gasteiger charge is -2.10. The van der Waals surface area contributed by atoms with Gasteiger partial charge in [-0.2, -0.15) is 0 Å². The Bertz CT molecular complexity index is 982. The average Bonchev–Trinajstić information content (AvgIpc) is 2.66. The molecule has 2 aromatic carbocycles. The van der Waals surface area contributed by atoms with Gasteiger partial charge < -0.3 is 4.74 Å². The predicted octanol–water partition coefficient (Wildman–Crippen LogP) is 4.29. The molecule has 0 fully saturated rings. The molecule has 26 heavy (non-hydrogen) atoms. The number of pyridine rings is 1. The van der Waals surface area contributed by atoms with Gasteiger partial charge in [0.1, 0.15) is 6.61 Å². The highest BCUT2D eigenvalue weighted by Gasteiger charge is 2.09. The van der Waals surface area contributed by atoms with Crippen LogP contribution in [-0.4, -0.2) is 19.7 Å². The van der Waals surface area contributed by atoms with Crippen molar-refractivity contribution in [1.29, 1.82) is 0 Å². The second kappa shape index (κ2) is 7.70. The Morgan fingerprint density at radius 3 is 2.23 bits per heavy atom. The van der Waals surface area contributed by atoms with Gasteiger partial charge in [0.2, 0.25) is 5.88 Å². The molecule has 3 aromatic rings. The molecule has 0 atom stereocenters. The van der Waals surface area contributed by atoms with Crippen molar-refractivity contribution in [2.45, 2.75) is 24.8 Å². The zero-order valence-corrected chi connectivity index (χ0v) is 15.7. The van der Waals surface area contributed by atoms with E-state index in [1.807, 2.05) is 42.5 Å². The van der Waals surface area contributed by atoms with Gasteiger partial charge in [0, 0.05) is 17.9 Å². The van der Waals surface area contributed by atoms with Crippen molar-refractivity contribution in [3.8, 4) is 17.1 Å². The molecule has 1 heterocycles. The molecule has 0 aliphatic heterocycles. The van der Waals surface area contributed by atoms with Crippen LogP contribution in [0.5, 0.6) is 5.88 Å². The third kappa shape index (κ3) is 4.49. The van der Waals surface area contributed by atoms with Crippen LogP contribution in [0.25, 0.3) is 11.3 Å². The minimum absolute atomic E-state index is 0.299. The Hall–Kier alpha value is -2.66. The van der Waals surface area contributed by atoms with Gasteiger partial charge in [-0.25, -0.2) is 13.4 Å². The molecule has 5 heteroatoms. The fraction of sp³-hybridized carbons (Fsp3) is 0.190. The quantitative estimate of drug-likeness (QED) is 0.652. The smallest absolute Gasteiger partial charge is 0.214 e. The van der Waals surface area contributed by atoms with Gasteiger partial charge in [-0.05, 0) is 35.7 Å². The highest BCUT2D eigenvalue weighted by Crippen LogP contribution is 2.24. The fourth-order valence-electron chi connectivity index (χ4n) is 2.59. The number of ether oxygens (including phenoxy) is 1. The van der Waals surface area contributed by atoms with Crippen molar-refractivity contribution in [2.24, 2.45) is 0 Å². The lowest BCUT2D eigenvalue weighted by Crippen LogP contribution is -2.00. The monoisotopic (exact) mass is 367 g/mol. The SMILES string of the molecule is CCc1cc(OCc2ccccc2)nc(-c2ccc(S(C)(=O)=O)cc2)c1. The molecule has 134 valence electrons. The normalized spacial score (nSPS) is 11.3. The van der Waals surface area contributed by atoms with Crippen LogP contribution in [0.15, 0.2) is 71.6 Å². The largest absolute Gasteiger partial charge is 0.473 e. The number of hydrogen-bond donors (Lipinski definition) is 0. The second-order valence-electron chi connectivity index (χ2n) is 6.12. The molecule has 0 unspecified atom stereocenters. The predicted molar refractivity (Wildman–Crippen MR) is 103 cm³/mol. The lowest BCUT2D eigenvalue weighted by atomic mass is 10.1. The Morgan fingerprint density at radius 1 is 0.923 bits per heavy atom. The molecule has 0 amide bonds. The second-order valence-corrected chi connectivity index (χ2v) is 8.14. The summed E-state index contributed by atoms with van der Waals surface area (Å²) in [5.41, 5.74) is 3.82. The first-order valence-corrected chi connectivity index (χ1v) is 10.3. The van der Waals surface area contributed by atoms with E-state index in [0.29, 0.717) is 17.4 Å². The molecule has 0 spiro atoms. The molecule has 3 rings (SSSR count). The Morgan fingerprint density at radius 2 is 1.62 bits per heavy atom. The van der Waals surface area contributed by atoms with Gasteiger partial charge in [-0.1, -0.05) is 49.4 Å². The minimum Gasteiger partial charge on any atom is -0.473 e. The Balaban J connectivity index is 1.87. The molecule has 0 N–H and O–H groups in total. The van der Waals surface area contributed by atoms with E-state index < -0.39 is 9.84 Å². The number of hydrogen-bond acceptors (Lipinski definition) is 4. The number of nitrogens with zero attached hydrogens (tertiary/aromatic N) is 1. The maximum atomic E-state index is 11.6. The van der Waals surface area contributed by atoms with E-state index in [2.05, 4.69) is 11.9 Å². The summed E-state index contributed by atoms with van der Waals surface area (Å²) in [4.78, 5) is 4.89. The molecule has 0 bridgehead atoms. The lowest BCUT2D eigenvalue weighted by molar-refractivity contribution is 0.294. The van der Waals surface area contributed by atoms with E-state index in [0.717, 1.165) is 28.8 Å².